The lowest BCUT2D eigenvalue weighted by atomic mass is 10.2. The van der Waals surface area contributed by atoms with Crippen LogP contribution < -0.4 is 0 Å². The summed E-state index contributed by atoms with van der Waals surface area (Å²) >= 11 is 3.50. The number of likely N-dealkylation sites (N-methyl/N-ethyl adjacent to an activating group) is 1. The van der Waals surface area contributed by atoms with Gasteiger partial charge in [0.15, 0.2) is 0 Å². The zero-order chi connectivity index (χ0) is 11.3. The topological polar surface area (TPSA) is 15.7 Å². The predicted octanol–water partition coefficient (Wildman–Crippen LogP) is 1.42. The summed E-state index contributed by atoms with van der Waals surface area (Å²) in [7, 11) is 2.17. The van der Waals surface area contributed by atoms with Crippen molar-refractivity contribution in [1.82, 2.24) is 9.80 Å². The van der Waals surface area contributed by atoms with Gasteiger partial charge in [-0.25, -0.2) is 0 Å². The SMILES string of the molecule is CC(C)N(CCBr)CC1CN(C)CCO1. The van der Waals surface area contributed by atoms with Crippen molar-refractivity contribution in [2.75, 3.05) is 45.2 Å². The van der Waals surface area contributed by atoms with Crippen LogP contribution in [0.2, 0.25) is 0 Å². The molecule has 1 rings (SSSR count). The van der Waals surface area contributed by atoms with E-state index >= 15 is 0 Å². The summed E-state index contributed by atoms with van der Waals surface area (Å²) in [5.41, 5.74) is 0. The van der Waals surface area contributed by atoms with E-state index in [1.54, 1.807) is 0 Å². The molecule has 0 amide bonds. The fourth-order valence-corrected chi connectivity index (χ4v) is 2.36. The summed E-state index contributed by atoms with van der Waals surface area (Å²) in [4.78, 5) is 4.82. The zero-order valence-corrected chi connectivity index (χ0v) is 11.7. The molecule has 0 aromatic heterocycles. The minimum absolute atomic E-state index is 0.380. The van der Waals surface area contributed by atoms with Crippen LogP contribution in [-0.4, -0.2) is 67.1 Å². The van der Waals surface area contributed by atoms with E-state index in [1.807, 2.05) is 0 Å². The Morgan fingerprint density at radius 2 is 2.27 bits per heavy atom. The first-order valence-electron chi connectivity index (χ1n) is 5.73. The lowest BCUT2D eigenvalue weighted by molar-refractivity contribution is -0.0386. The van der Waals surface area contributed by atoms with E-state index in [1.165, 1.54) is 0 Å². The third kappa shape index (κ3) is 4.81. The maximum atomic E-state index is 5.78. The molecule has 3 nitrogen and oxygen atoms in total. The molecule has 1 aliphatic rings. The number of halogens is 1. The van der Waals surface area contributed by atoms with Gasteiger partial charge in [-0.05, 0) is 20.9 Å². The zero-order valence-electron chi connectivity index (χ0n) is 10.1. The van der Waals surface area contributed by atoms with Gasteiger partial charge in [-0.3, -0.25) is 4.90 Å². The van der Waals surface area contributed by atoms with Crippen LogP contribution in [0.15, 0.2) is 0 Å². The number of rotatable bonds is 5. The van der Waals surface area contributed by atoms with Crippen LogP contribution in [0, 0.1) is 0 Å². The minimum atomic E-state index is 0.380. The van der Waals surface area contributed by atoms with Gasteiger partial charge in [0.1, 0.15) is 0 Å². The summed E-state index contributed by atoms with van der Waals surface area (Å²) in [5, 5.41) is 1.04. The second-order valence-electron chi connectivity index (χ2n) is 4.53. The number of hydrogen-bond acceptors (Lipinski definition) is 3. The van der Waals surface area contributed by atoms with Gasteiger partial charge in [0.05, 0.1) is 12.7 Å². The maximum absolute atomic E-state index is 5.78. The summed E-state index contributed by atoms with van der Waals surface area (Å²) in [5.74, 6) is 0. The van der Waals surface area contributed by atoms with Gasteiger partial charge in [0.25, 0.3) is 0 Å². The van der Waals surface area contributed by atoms with Gasteiger partial charge >= 0.3 is 0 Å². The maximum Gasteiger partial charge on any atom is 0.0829 e. The molecule has 15 heavy (non-hydrogen) atoms. The summed E-state index contributed by atoms with van der Waals surface area (Å²) in [6, 6.07) is 0.596. The molecule has 4 heteroatoms. The van der Waals surface area contributed by atoms with E-state index in [2.05, 4.69) is 46.6 Å². The van der Waals surface area contributed by atoms with Gasteiger partial charge < -0.3 is 9.64 Å². The molecule has 90 valence electrons. The van der Waals surface area contributed by atoms with Gasteiger partial charge in [-0.15, -0.1) is 0 Å². The van der Waals surface area contributed by atoms with E-state index in [0.29, 0.717) is 12.1 Å². The summed E-state index contributed by atoms with van der Waals surface area (Å²) in [6.45, 7) is 9.64. The van der Waals surface area contributed by atoms with Crippen molar-refractivity contribution in [3.63, 3.8) is 0 Å². The minimum Gasteiger partial charge on any atom is -0.374 e. The van der Waals surface area contributed by atoms with Gasteiger partial charge in [-0.1, -0.05) is 15.9 Å². The normalized spacial score (nSPS) is 24.0. The first-order valence-corrected chi connectivity index (χ1v) is 6.85. The highest BCUT2D eigenvalue weighted by Gasteiger charge is 2.21. The summed E-state index contributed by atoms with van der Waals surface area (Å²) < 4.78 is 5.78. The standard InChI is InChI=1S/C11H23BrN2O/c1-10(2)14(5-4-12)9-11-8-13(3)6-7-15-11/h10-11H,4-9H2,1-3H3. The quantitative estimate of drug-likeness (QED) is 0.708. The van der Waals surface area contributed by atoms with Crippen molar-refractivity contribution < 1.29 is 4.74 Å². The predicted molar refractivity (Wildman–Crippen MR) is 67.7 cm³/mol. The van der Waals surface area contributed by atoms with Crippen LogP contribution >= 0.6 is 15.9 Å². The van der Waals surface area contributed by atoms with Crippen LogP contribution in [-0.2, 0) is 4.74 Å². The van der Waals surface area contributed by atoms with Gasteiger partial charge in [0, 0.05) is 37.6 Å². The Morgan fingerprint density at radius 1 is 1.53 bits per heavy atom. The molecule has 1 fully saturated rings. The molecule has 0 radical (unpaired) electrons. The monoisotopic (exact) mass is 278 g/mol. The molecule has 0 aromatic carbocycles. The third-order valence-corrected chi connectivity index (χ3v) is 3.24. The number of alkyl halides is 1. The lowest BCUT2D eigenvalue weighted by Gasteiger charge is -2.35. The number of hydrogen-bond donors (Lipinski definition) is 0. The van der Waals surface area contributed by atoms with E-state index in [-0.39, 0.29) is 0 Å². The largest absolute Gasteiger partial charge is 0.374 e. The van der Waals surface area contributed by atoms with Crippen LogP contribution in [0.25, 0.3) is 0 Å². The third-order valence-electron chi connectivity index (χ3n) is 2.88. The molecule has 0 N–H and O–H groups in total. The van der Waals surface area contributed by atoms with Crippen LogP contribution in [0.1, 0.15) is 13.8 Å². The Hall–Kier alpha value is 0.360. The highest BCUT2D eigenvalue weighted by molar-refractivity contribution is 9.09. The molecule has 1 saturated heterocycles. The average Bonchev–Trinajstić information content (AvgIpc) is 2.17. The van der Waals surface area contributed by atoms with E-state index < -0.39 is 0 Å². The molecule has 0 saturated carbocycles. The highest BCUT2D eigenvalue weighted by Crippen LogP contribution is 2.08. The Morgan fingerprint density at radius 3 is 2.80 bits per heavy atom. The molecular weight excluding hydrogens is 256 g/mol. The molecular formula is C11H23BrN2O. The van der Waals surface area contributed by atoms with Crippen LogP contribution in [0.5, 0.6) is 0 Å². The van der Waals surface area contributed by atoms with Crippen LogP contribution in [0.3, 0.4) is 0 Å². The molecule has 0 spiro atoms. The fraction of sp³-hybridized carbons (Fsp3) is 1.00. The Labute approximate surface area is 102 Å². The Kier molecular flexibility index (Phi) is 6.12. The first-order chi connectivity index (χ1) is 7.13. The highest BCUT2D eigenvalue weighted by atomic mass is 79.9. The molecule has 0 aliphatic carbocycles. The van der Waals surface area contributed by atoms with Gasteiger partial charge in [0.2, 0.25) is 0 Å². The first kappa shape index (κ1) is 13.4. The molecule has 1 unspecified atom stereocenters. The van der Waals surface area contributed by atoms with E-state index in [4.69, 9.17) is 4.74 Å². The van der Waals surface area contributed by atoms with Crippen LogP contribution in [0.4, 0.5) is 0 Å². The molecule has 1 aliphatic heterocycles. The summed E-state index contributed by atoms with van der Waals surface area (Å²) in [6.07, 6.45) is 0.380. The van der Waals surface area contributed by atoms with Crippen molar-refractivity contribution in [3.8, 4) is 0 Å². The number of morpholine rings is 1. The Bertz CT molecular complexity index is 178. The molecule has 0 aromatic rings. The van der Waals surface area contributed by atoms with Crippen molar-refractivity contribution in [3.05, 3.63) is 0 Å². The van der Waals surface area contributed by atoms with Crippen molar-refractivity contribution in [2.45, 2.75) is 26.0 Å². The van der Waals surface area contributed by atoms with E-state index in [9.17, 15) is 0 Å². The molecule has 0 bridgehead atoms. The van der Waals surface area contributed by atoms with Crippen molar-refractivity contribution in [1.29, 1.82) is 0 Å². The molecule has 1 heterocycles. The fourth-order valence-electron chi connectivity index (χ4n) is 1.91. The lowest BCUT2D eigenvalue weighted by Crippen LogP contribution is -2.48. The van der Waals surface area contributed by atoms with Crippen molar-refractivity contribution >= 4 is 15.9 Å². The second kappa shape index (κ2) is 6.84. The van der Waals surface area contributed by atoms with E-state index in [0.717, 1.165) is 38.1 Å². The second-order valence-corrected chi connectivity index (χ2v) is 5.33. The smallest absolute Gasteiger partial charge is 0.0829 e. The average molecular weight is 279 g/mol. The Balaban J connectivity index is 2.35. The number of ether oxygens (including phenoxy) is 1. The molecule has 1 atom stereocenters. The number of nitrogens with zero attached hydrogens (tertiary/aromatic N) is 2. The van der Waals surface area contributed by atoms with Crippen molar-refractivity contribution in [2.24, 2.45) is 0 Å². The van der Waals surface area contributed by atoms with Gasteiger partial charge in [-0.2, -0.15) is 0 Å².